The second kappa shape index (κ2) is 5.69. The van der Waals surface area contributed by atoms with Crippen LogP contribution in [0.25, 0.3) is 0 Å². The van der Waals surface area contributed by atoms with Gasteiger partial charge in [-0.1, -0.05) is 19.3 Å². The summed E-state index contributed by atoms with van der Waals surface area (Å²) >= 11 is 0. The lowest BCUT2D eigenvalue weighted by Gasteiger charge is -2.25. The predicted octanol–water partition coefficient (Wildman–Crippen LogP) is 0.770. The summed E-state index contributed by atoms with van der Waals surface area (Å²) in [7, 11) is 0. The zero-order chi connectivity index (χ0) is 12.1. The SMILES string of the molecule is O=C(NCC1(O)CCOC1)NC1CCCCC1. The monoisotopic (exact) mass is 242 g/mol. The van der Waals surface area contributed by atoms with E-state index in [2.05, 4.69) is 10.6 Å². The van der Waals surface area contributed by atoms with Gasteiger partial charge in [-0.05, 0) is 12.8 Å². The third-order valence-corrected chi connectivity index (χ3v) is 3.60. The van der Waals surface area contributed by atoms with Crippen molar-refractivity contribution in [1.29, 1.82) is 0 Å². The molecule has 0 aromatic rings. The first kappa shape index (κ1) is 12.6. The molecule has 2 aliphatic rings. The first-order valence-corrected chi connectivity index (χ1v) is 6.52. The fourth-order valence-corrected chi connectivity index (χ4v) is 2.46. The number of carbonyl (C=O) groups is 1. The van der Waals surface area contributed by atoms with Crippen molar-refractivity contribution in [3.05, 3.63) is 0 Å². The fourth-order valence-electron chi connectivity index (χ4n) is 2.46. The molecule has 1 aliphatic carbocycles. The van der Waals surface area contributed by atoms with E-state index < -0.39 is 5.60 Å². The van der Waals surface area contributed by atoms with Gasteiger partial charge in [-0.25, -0.2) is 4.79 Å². The van der Waals surface area contributed by atoms with Crippen molar-refractivity contribution in [2.45, 2.75) is 50.2 Å². The topological polar surface area (TPSA) is 70.6 Å². The maximum atomic E-state index is 11.6. The van der Waals surface area contributed by atoms with Crippen LogP contribution in [0.1, 0.15) is 38.5 Å². The van der Waals surface area contributed by atoms with Crippen molar-refractivity contribution in [1.82, 2.24) is 10.6 Å². The Morgan fingerprint density at radius 2 is 2.12 bits per heavy atom. The molecule has 1 aliphatic heterocycles. The maximum absolute atomic E-state index is 11.6. The average molecular weight is 242 g/mol. The van der Waals surface area contributed by atoms with Crippen molar-refractivity contribution in [3.8, 4) is 0 Å². The van der Waals surface area contributed by atoms with Crippen LogP contribution in [-0.2, 0) is 4.74 Å². The van der Waals surface area contributed by atoms with Crippen molar-refractivity contribution in [2.75, 3.05) is 19.8 Å². The Balaban J connectivity index is 1.66. The van der Waals surface area contributed by atoms with E-state index in [1.54, 1.807) is 0 Å². The van der Waals surface area contributed by atoms with E-state index >= 15 is 0 Å². The molecular formula is C12H22N2O3. The van der Waals surface area contributed by atoms with Crippen molar-refractivity contribution >= 4 is 6.03 Å². The predicted molar refractivity (Wildman–Crippen MR) is 63.8 cm³/mol. The van der Waals surface area contributed by atoms with Crippen LogP contribution < -0.4 is 10.6 Å². The highest BCUT2D eigenvalue weighted by Crippen LogP contribution is 2.18. The third-order valence-electron chi connectivity index (χ3n) is 3.60. The lowest BCUT2D eigenvalue weighted by atomic mass is 9.96. The summed E-state index contributed by atoms with van der Waals surface area (Å²) < 4.78 is 5.12. The van der Waals surface area contributed by atoms with Gasteiger partial charge < -0.3 is 20.5 Å². The molecule has 3 N–H and O–H groups in total. The smallest absolute Gasteiger partial charge is 0.315 e. The molecule has 0 aromatic heterocycles. The van der Waals surface area contributed by atoms with Crippen LogP contribution in [0.4, 0.5) is 4.79 Å². The highest BCUT2D eigenvalue weighted by atomic mass is 16.5. The number of amides is 2. The molecule has 0 spiro atoms. The van der Waals surface area contributed by atoms with E-state index in [-0.39, 0.29) is 12.6 Å². The normalized spacial score (nSPS) is 30.2. The van der Waals surface area contributed by atoms with Crippen LogP contribution in [0.15, 0.2) is 0 Å². The van der Waals surface area contributed by atoms with Crippen LogP contribution in [0.2, 0.25) is 0 Å². The van der Waals surface area contributed by atoms with E-state index in [0.29, 0.717) is 25.7 Å². The molecule has 17 heavy (non-hydrogen) atoms. The molecular weight excluding hydrogens is 220 g/mol. The zero-order valence-corrected chi connectivity index (χ0v) is 10.2. The molecule has 1 saturated carbocycles. The van der Waals surface area contributed by atoms with Crippen molar-refractivity contribution in [2.24, 2.45) is 0 Å². The molecule has 2 amide bonds. The number of carbonyl (C=O) groups excluding carboxylic acids is 1. The van der Waals surface area contributed by atoms with Crippen LogP contribution >= 0.6 is 0 Å². The lowest BCUT2D eigenvalue weighted by molar-refractivity contribution is 0.0290. The quantitative estimate of drug-likeness (QED) is 0.684. The number of hydrogen-bond acceptors (Lipinski definition) is 3. The number of nitrogens with one attached hydrogen (secondary N) is 2. The molecule has 2 rings (SSSR count). The molecule has 5 heteroatoms. The molecule has 1 heterocycles. The van der Waals surface area contributed by atoms with Gasteiger partial charge in [0.15, 0.2) is 0 Å². The minimum absolute atomic E-state index is 0.169. The van der Waals surface area contributed by atoms with Crippen LogP contribution in [0, 0.1) is 0 Å². The minimum atomic E-state index is -0.871. The summed E-state index contributed by atoms with van der Waals surface area (Å²) in [5.41, 5.74) is -0.871. The third kappa shape index (κ3) is 3.85. The fraction of sp³-hybridized carbons (Fsp3) is 0.917. The van der Waals surface area contributed by atoms with Gasteiger partial charge in [0, 0.05) is 19.1 Å². The first-order valence-electron chi connectivity index (χ1n) is 6.52. The van der Waals surface area contributed by atoms with E-state index in [0.717, 1.165) is 12.8 Å². The number of urea groups is 1. The Bertz CT molecular complexity index is 258. The molecule has 1 saturated heterocycles. The number of aliphatic hydroxyl groups is 1. The Morgan fingerprint density at radius 3 is 2.76 bits per heavy atom. The van der Waals surface area contributed by atoms with Gasteiger partial charge in [0.1, 0.15) is 5.60 Å². The highest BCUT2D eigenvalue weighted by Gasteiger charge is 2.32. The average Bonchev–Trinajstić information content (AvgIpc) is 2.76. The number of ether oxygens (including phenoxy) is 1. The molecule has 2 fully saturated rings. The van der Waals surface area contributed by atoms with Gasteiger partial charge >= 0.3 is 6.03 Å². The standard InChI is InChI=1S/C12H22N2O3/c15-11(14-10-4-2-1-3-5-10)13-8-12(16)6-7-17-9-12/h10,16H,1-9H2,(H2,13,14,15). The summed E-state index contributed by atoms with van der Waals surface area (Å²) in [4.78, 5) is 11.6. The summed E-state index contributed by atoms with van der Waals surface area (Å²) in [6.07, 6.45) is 6.40. The zero-order valence-electron chi connectivity index (χ0n) is 10.2. The van der Waals surface area contributed by atoms with Gasteiger partial charge in [0.25, 0.3) is 0 Å². The molecule has 0 radical (unpaired) electrons. The van der Waals surface area contributed by atoms with Crippen LogP contribution in [0.5, 0.6) is 0 Å². The van der Waals surface area contributed by atoms with E-state index in [9.17, 15) is 9.90 Å². The Kier molecular flexibility index (Phi) is 4.23. The Morgan fingerprint density at radius 1 is 1.35 bits per heavy atom. The van der Waals surface area contributed by atoms with Crippen LogP contribution in [-0.4, -0.2) is 42.5 Å². The van der Waals surface area contributed by atoms with Gasteiger partial charge in [0.05, 0.1) is 13.2 Å². The van der Waals surface area contributed by atoms with Gasteiger partial charge in [0.2, 0.25) is 0 Å². The molecule has 98 valence electrons. The van der Waals surface area contributed by atoms with E-state index in [1.165, 1.54) is 19.3 Å². The second-order valence-corrected chi connectivity index (χ2v) is 5.19. The summed E-state index contributed by atoms with van der Waals surface area (Å²) in [5.74, 6) is 0. The van der Waals surface area contributed by atoms with Gasteiger partial charge in [-0.3, -0.25) is 0 Å². The number of rotatable bonds is 3. The largest absolute Gasteiger partial charge is 0.386 e. The molecule has 1 atom stereocenters. The molecule has 0 aromatic carbocycles. The summed E-state index contributed by atoms with van der Waals surface area (Å²) in [5, 5.41) is 15.7. The summed E-state index contributed by atoms with van der Waals surface area (Å²) in [6.45, 7) is 1.16. The molecule has 0 bridgehead atoms. The molecule has 1 unspecified atom stereocenters. The van der Waals surface area contributed by atoms with Crippen molar-refractivity contribution in [3.63, 3.8) is 0 Å². The number of hydrogen-bond donors (Lipinski definition) is 3. The van der Waals surface area contributed by atoms with Gasteiger partial charge in [-0.15, -0.1) is 0 Å². The van der Waals surface area contributed by atoms with Crippen LogP contribution in [0.3, 0.4) is 0 Å². The summed E-state index contributed by atoms with van der Waals surface area (Å²) in [6, 6.07) is 0.135. The van der Waals surface area contributed by atoms with Gasteiger partial charge in [-0.2, -0.15) is 0 Å². The minimum Gasteiger partial charge on any atom is -0.386 e. The van der Waals surface area contributed by atoms with Crippen molar-refractivity contribution < 1.29 is 14.6 Å². The highest BCUT2D eigenvalue weighted by molar-refractivity contribution is 5.74. The maximum Gasteiger partial charge on any atom is 0.315 e. The lowest BCUT2D eigenvalue weighted by Crippen LogP contribution is -2.49. The second-order valence-electron chi connectivity index (χ2n) is 5.19. The Labute approximate surface area is 102 Å². The first-order chi connectivity index (χ1) is 8.18. The molecule has 5 nitrogen and oxygen atoms in total. The van der Waals surface area contributed by atoms with E-state index in [1.807, 2.05) is 0 Å². The van der Waals surface area contributed by atoms with E-state index in [4.69, 9.17) is 4.74 Å². The Hall–Kier alpha value is -0.810.